The Balaban J connectivity index is 1.80. The van der Waals surface area contributed by atoms with Crippen LogP contribution in [0, 0.1) is 0 Å². The minimum atomic E-state index is -0.272. The second kappa shape index (κ2) is 7.65. The molecule has 0 atom stereocenters. The minimum absolute atomic E-state index is 0.167. The fourth-order valence-corrected chi connectivity index (χ4v) is 2.49. The molecule has 2 amide bonds. The van der Waals surface area contributed by atoms with Crippen molar-refractivity contribution < 1.29 is 19.2 Å². The van der Waals surface area contributed by atoms with Crippen LogP contribution in [0.3, 0.4) is 0 Å². The molecule has 0 spiro atoms. The maximum atomic E-state index is 11.7. The van der Waals surface area contributed by atoms with E-state index < -0.39 is 0 Å². The molecule has 22 heavy (non-hydrogen) atoms. The van der Waals surface area contributed by atoms with E-state index in [-0.39, 0.29) is 11.8 Å². The number of carbonyl (C=O) groups excluding carboxylic acids is 2. The van der Waals surface area contributed by atoms with Crippen molar-refractivity contribution in [2.45, 2.75) is 6.92 Å². The molecule has 7 nitrogen and oxygen atoms in total. The van der Waals surface area contributed by atoms with Crippen molar-refractivity contribution in [2.24, 2.45) is 0 Å². The smallest absolute Gasteiger partial charge is 0.293 e. The molecule has 3 N–H and O–H groups in total. The normalized spacial score (nSPS) is 15.3. The molecule has 0 radical (unpaired) electrons. The van der Waals surface area contributed by atoms with E-state index in [9.17, 15) is 9.59 Å². The van der Waals surface area contributed by atoms with E-state index >= 15 is 0 Å². The average Bonchev–Trinajstić information content (AvgIpc) is 2.54. The Labute approximate surface area is 130 Å². The van der Waals surface area contributed by atoms with E-state index in [0.717, 1.165) is 37.6 Å². The number of anilines is 1. The van der Waals surface area contributed by atoms with Crippen molar-refractivity contribution in [3.05, 3.63) is 24.3 Å². The maximum Gasteiger partial charge on any atom is 0.293 e. The van der Waals surface area contributed by atoms with Crippen molar-refractivity contribution >= 4 is 17.5 Å². The van der Waals surface area contributed by atoms with Gasteiger partial charge >= 0.3 is 0 Å². The highest BCUT2D eigenvalue weighted by molar-refractivity contribution is 5.81. The van der Waals surface area contributed by atoms with Gasteiger partial charge in [0.05, 0.1) is 33.3 Å². The molecule has 1 heterocycles. The van der Waals surface area contributed by atoms with E-state index in [1.165, 1.54) is 11.8 Å². The SMILES string of the molecule is COc1cccc(N2CC[NH+](CC(=O)NNC(C)=O)CC2)c1. The summed E-state index contributed by atoms with van der Waals surface area (Å²) in [6.07, 6.45) is 0. The molecule has 1 saturated heterocycles. The number of rotatable bonds is 4. The summed E-state index contributed by atoms with van der Waals surface area (Å²) in [7, 11) is 1.66. The second-order valence-electron chi connectivity index (χ2n) is 5.34. The molecule has 1 aromatic carbocycles. The van der Waals surface area contributed by atoms with Gasteiger partial charge in [-0.2, -0.15) is 0 Å². The molecule has 0 bridgehead atoms. The summed E-state index contributed by atoms with van der Waals surface area (Å²) in [4.78, 5) is 25.9. The number of amides is 2. The molecule has 120 valence electrons. The predicted molar refractivity (Wildman–Crippen MR) is 82.7 cm³/mol. The summed E-state index contributed by atoms with van der Waals surface area (Å²) in [5, 5.41) is 0. The van der Waals surface area contributed by atoms with Crippen LogP contribution in [0.1, 0.15) is 6.92 Å². The van der Waals surface area contributed by atoms with Crippen LogP contribution in [0.25, 0.3) is 0 Å². The maximum absolute atomic E-state index is 11.7. The van der Waals surface area contributed by atoms with Gasteiger partial charge in [-0.15, -0.1) is 0 Å². The molecule has 0 saturated carbocycles. The fourth-order valence-electron chi connectivity index (χ4n) is 2.49. The third-order valence-corrected chi connectivity index (χ3v) is 3.68. The summed E-state index contributed by atoms with van der Waals surface area (Å²) in [5.74, 6) is 0.410. The topological polar surface area (TPSA) is 75.1 Å². The minimum Gasteiger partial charge on any atom is -0.497 e. The first kappa shape index (κ1) is 16.1. The lowest BCUT2D eigenvalue weighted by Gasteiger charge is -2.33. The lowest BCUT2D eigenvalue weighted by molar-refractivity contribution is -0.892. The van der Waals surface area contributed by atoms with Crippen LogP contribution < -0.4 is 25.4 Å². The van der Waals surface area contributed by atoms with Crippen molar-refractivity contribution in [2.75, 3.05) is 44.7 Å². The van der Waals surface area contributed by atoms with Gasteiger partial charge in [-0.1, -0.05) is 6.07 Å². The van der Waals surface area contributed by atoms with E-state index in [0.29, 0.717) is 6.54 Å². The van der Waals surface area contributed by atoms with E-state index in [1.807, 2.05) is 18.2 Å². The van der Waals surface area contributed by atoms with Crippen LogP contribution in [0.15, 0.2) is 24.3 Å². The zero-order chi connectivity index (χ0) is 15.9. The Kier molecular flexibility index (Phi) is 5.60. The number of hydrogen-bond acceptors (Lipinski definition) is 4. The van der Waals surface area contributed by atoms with Crippen LogP contribution in [-0.4, -0.2) is 51.6 Å². The summed E-state index contributed by atoms with van der Waals surface area (Å²) >= 11 is 0. The summed E-state index contributed by atoms with van der Waals surface area (Å²) in [6.45, 7) is 5.26. The Morgan fingerprint density at radius 1 is 1.27 bits per heavy atom. The highest BCUT2D eigenvalue weighted by atomic mass is 16.5. The largest absolute Gasteiger partial charge is 0.497 e. The number of quaternary nitrogens is 1. The Hall–Kier alpha value is -2.28. The molecule has 2 rings (SSSR count). The Bertz CT molecular complexity index is 527. The van der Waals surface area contributed by atoms with Gasteiger partial charge in [0, 0.05) is 18.7 Å². The van der Waals surface area contributed by atoms with Crippen LogP contribution in [-0.2, 0) is 9.59 Å². The number of nitrogens with one attached hydrogen (secondary N) is 3. The predicted octanol–water partition coefficient (Wildman–Crippen LogP) is -1.43. The molecule has 1 aliphatic heterocycles. The molecule has 0 aliphatic carbocycles. The Morgan fingerprint density at radius 2 is 2.00 bits per heavy atom. The quantitative estimate of drug-likeness (QED) is 0.596. The van der Waals surface area contributed by atoms with Gasteiger partial charge in [0.25, 0.3) is 5.91 Å². The van der Waals surface area contributed by atoms with Crippen LogP contribution in [0.4, 0.5) is 5.69 Å². The summed E-state index contributed by atoms with van der Waals surface area (Å²) in [6, 6.07) is 8.00. The molecule has 1 aromatic rings. The van der Waals surface area contributed by atoms with Gasteiger partial charge < -0.3 is 14.5 Å². The molecular formula is C15H23N4O3+. The lowest BCUT2D eigenvalue weighted by Crippen LogP contribution is -3.16. The number of ether oxygens (including phenoxy) is 1. The van der Waals surface area contributed by atoms with Crippen molar-refractivity contribution in [1.29, 1.82) is 0 Å². The number of methoxy groups -OCH3 is 1. The number of piperazine rings is 1. The van der Waals surface area contributed by atoms with Gasteiger partial charge in [0.15, 0.2) is 6.54 Å². The molecular weight excluding hydrogens is 284 g/mol. The third-order valence-electron chi connectivity index (χ3n) is 3.68. The fraction of sp³-hybridized carbons (Fsp3) is 0.467. The number of hydrogen-bond donors (Lipinski definition) is 3. The Morgan fingerprint density at radius 3 is 2.64 bits per heavy atom. The highest BCUT2D eigenvalue weighted by Crippen LogP contribution is 2.20. The molecule has 0 aromatic heterocycles. The van der Waals surface area contributed by atoms with Gasteiger partial charge in [0.1, 0.15) is 5.75 Å². The first-order chi connectivity index (χ1) is 10.6. The van der Waals surface area contributed by atoms with Crippen LogP contribution in [0.5, 0.6) is 5.75 Å². The second-order valence-corrected chi connectivity index (χ2v) is 5.34. The standard InChI is InChI=1S/C15H22N4O3/c1-12(20)16-17-15(21)11-18-6-8-19(9-7-18)13-4-3-5-14(10-13)22-2/h3-5,10H,6-9,11H2,1-2H3,(H,16,20)(H,17,21)/p+1. The van der Waals surface area contributed by atoms with Crippen LogP contribution in [0.2, 0.25) is 0 Å². The van der Waals surface area contributed by atoms with Crippen molar-refractivity contribution in [3.8, 4) is 5.75 Å². The monoisotopic (exact) mass is 307 g/mol. The van der Waals surface area contributed by atoms with E-state index in [1.54, 1.807) is 7.11 Å². The highest BCUT2D eigenvalue weighted by Gasteiger charge is 2.22. The van der Waals surface area contributed by atoms with Gasteiger partial charge in [0.2, 0.25) is 5.91 Å². The third kappa shape index (κ3) is 4.63. The molecule has 1 aliphatic rings. The summed E-state index contributed by atoms with van der Waals surface area (Å²) < 4.78 is 5.25. The van der Waals surface area contributed by atoms with E-state index in [2.05, 4.69) is 21.8 Å². The number of nitrogens with zero attached hydrogens (tertiary/aromatic N) is 1. The van der Waals surface area contributed by atoms with Crippen LogP contribution >= 0.6 is 0 Å². The van der Waals surface area contributed by atoms with Gasteiger partial charge in [-0.3, -0.25) is 20.4 Å². The lowest BCUT2D eigenvalue weighted by atomic mass is 10.2. The zero-order valence-corrected chi connectivity index (χ0v) is 13.0. The first-order valence-corrected chi connectivity index (χ1v) is 7.36. The molecule has 1 fully saturated rings. The number of benzene rings is 1. The van der Waals surface area contributed by atoms with Gasteiger partial charge in [-0.05, 0) is 12.1 Å². The summed E-state index contributed by atoms with van der Waals surface area (Å²) in [5.41, 5.74) is 5.84. The first-order valence-electron chi connectivity index (χ1n) is 7.36. The van der Waals surface area contributed by atoms with Gasteiger partial charge in [-0.25, -0.2) is 0 Å². The van der Waals surface area contributed by atoms with E-state index in [4.69, 9.17) is 4.74 Å². The molecule has 7 heteroatoms. The number of hydrazine groups is 1. The zero-order valence-electron chi connectivity index (χ0n) is 13.0. The van der Waals surface area contributed by atoms with Crippen molar-refractivity contribution in [1.82, 2.24) is 10.9 Å². The molecule has 0 unspecified atom stereocenters. The number of carbonyl (C=O) groups is 2. The van der Waals surface area contributed by atoms with Crippen molar-refractivity contribution in [3.63, 3.8) is 0 Å². The average molecular weight is 307 g/mol.